The quantitative estimate of drug-likeness (QED) is 0.815. The number of piperidine rings is 1. The number of methoxy groups -OCH3 is 1. The lowest BCUT2D eigenvalue weighted by atomic mass is 9.98. The lowest BCUT2D eigenvalue weighted by molar-refractivity contribution is 0.0681. The zero-order valence-electron chi connectivity index (χ0n) is 14.5. The van der Waals surface area contributed by atoms with E-state index in [9.17, 15) is 4.79 Å². The van der Waals surface area contributed by atoms with Crippen LogP contribution in [0.3, 0.4) is 0 Å². The second kappa shape index (κ2) is 7.26. The monoisotopic (exact) mass is 330 g/mol. The van der Waals surface area contributed by atoms with Gasteiger partial charge in [-0.05, 0) is 43.9 Å². The highest BCUT2D eigenvalue weighted by molar-refractivity contribution is 5.95. The van der Waals surface area contributed by atoms with E-state index in [2.05, 4.69) is 11.9 Å². The van der Waals surface area contributed by atoms with Gasteiger partial charge in [-0.3, -0.25) is 4.79 Å². The molecule has 0 aliphatic carbocycles. The first-order valence-electron chi connectivity index (χ1n) is 8.57. The maximum absolute atomic E-state index is 12.9. The molecule has 2 aliphatic rings. The summed E-state index contributed by atoms with van der Waals surface area (Å²) in [6, 6.07) is 6.78. The summed E-state index contributed by atoms with van der Waals surface area (Å²) in [5.41, 5.74) is 0.631. The van der Waals surface area contributed by atoms with E-state index in [0.717, 1.165) is 12.8 Å². The minimum Gasteiger partial charge on any atom is -0.493 e. The van der Waals surface area contributed by atoms with Crippen LogP contribution in [0.1, 0.15) is 36.0 Å². The van der Waals surface area contributed by atoms with E-state index in [4.69, 9.17) is 9.47 Å². The van der Waals surface area contributed by atoms with E-state index in [1.54, 1.807) is 31.4 Å². The minimum atomic E-state index is 0.0369. The predicted octanol–water partition coefficient (Wildman–Crippen LogP) is 2.62. The van der Waals surface area contributed by atoms with Crippen molar-refractivity contribution in [2.24, 2.45) is 0 Å². The Hall–Kier alpha value is -2.01. The molecule has 0 radical (unpaired) electrons. The second-order valence-corrected chi connectivity index (χ2v) is 6.64. The van der Waals surface area contributed by atoms with Crippen molar-refractivity contribution in [1.82, 2.24) is 10.2 Å². The molecular weight excluding hydrogens is 304 g/mol. The molecule has 0 aromatic heterocycles. The van der Waals surface area contributed by atoms with Gasteiger partial charge >= 0.3 is 0 Å². The molecule has 1 N–H and O–H groups in total. The van der Waals surface area contributed by atoms with Crippen molar-refractivity contribution < 1.29 is 14.3 Å². The summed E-state index contributed by atoms with van der Waals surface area (Å²) in [5.74, 6) is 1.23. The van der Waals surface area contributed by atoms with Gasteiger partial charge in [-0.25, -0.2) is 0 Å². The van der Waals surface area contributed by atoms with Gasteiger partial charge in [-0.2, -0.15) is 0 Å². The van der Waals surface area contributed by atoms with Crippen molar-refractivity contribution in [3.05, 3.63) is 36.4 Å². The number of amides is 1. The summed E-state index contributed by atoms with van der Waals surface area (Å²) in [4.78, 5) is 14.8. The van der Waals surface area contributed by atoms with Crippen LogP contribution in [-0.4, -0.2) is 49.7 Å². The van der Waals surface area contributed by atoms with Crippen LogP contribution in [0.25, 0.3) is 0 Å². The number of carbonyl (C=O) groups is 1. The van der Waals surface area contributed by atoms with Crippen LogP contribution in [0, 0.1) is 0 Å². The molecular formula is C19H26N2O3. The first-order chi connectivity index (χ1) is 11.6. The molecule has 1 aromatic rings. The van der Waals surface area contributed by atoms with Gasteiger partial charge in [0.15, 0.2) is 11.5 Å². The van der Waals surface area contributed by atoms with Crippen molar-refractivity contribution in [3.63, 3.8) is 0 Å². The number of fused-ring (bicyclic) bond motifs is 2. The smallest absolute Gasteiger partial charge is 0.253 e. The van der Waals surface area contributed by atoms with Crippen LogP contribution in [0.15, 0.2) is 30.9 Å². The maximum Gasteiger partial charge on any atom is 0.253 e. The molecule has 2 unspecified atom stereocenters. The number of benzene rings is 1. The Kier molecular flexibility index (Phi) is 5.09. The summed E-state index contributed by atoms with van der Waals surface area (Å²) >= 11 is 0. The van der Waals surface area contributed by atoms with Crippen molar-refractivity contribution in [3.8, 4) is 11.5 Å². The summed E-state index contributed by atoms with van der Waals surface area (Å²) in [6.45, 7) is 4.04. The molecule has 5 heteroatoms. The van der Waals surface area contributed by atoms with Crippen LogP contribution in [0.5, 0.6) is 11.5 Å². The predicted molar refractivity (Wildman–Crippen MR) is 93.7 cm³/mol. The molecule has 2 bridgehead atoms. The molecule has 0 saturated carbocycles. The normalized spacial score (nSPS) is 25.2. The third-order valence-electron chi connectivity index (χ3n) is 5.08. The van der Waals surface area contributed by atoms with Crippen LogP contribution in [0.2, 0.25) is 0 Å². The minimum absolute atomic E-state index is 0.0369. The SMILES string of the molecule is C=CCOc1ccc(C(=O)N(C)C2CC3CCC(C2)N3)cc1OC. The first-order valence-corrected chi connectivity index (χ1v) is 8.57. The van der Waals surface area contributed by atoms with Crippen molar-refractivity contribution in [2.75, 3.05) is 20.8 Å². The number of nitrogens with zero attached hydrogens (tertiary/aromatic N) is 1. The Morgan fingerprint density at radius 3 is 2.67 bits per heavy atom. The number of carbonyl (C=O) groups excluding carboxylic acids is 1. The molecule has 2 saturated heterocycles. The van der Waals surface area contributed by atoms with Gasteiger partial charge in [0.1, 0.15) is 6.61 Å². The fraction of sp³-hybridized carbons (Fsp3) is 0.526. The molecule has 5 nitrogen and oxygen atoms in total. The fourth-order valence-corrected chi connectivity index (χ4v) is 3.78. The average molecular weight is 330 g/mol. The van der Waals surface area contributed by atoms with Gasteiger partial charge in [0.2, 0.25) is 0 Å². The van der Waals surface area contributed by atoms with Gasteiger partial charge in [0, 0.05) is 30.7 Å². The topological polar surface area (TPSA) is 50.8 Å². The van der Waals surface area contributed by atoms with Gasteiger partial charge in [0.05, 0.1) is 7.11 Å². The van der Waals surface area contributed by atoms with Crippen LogP contribution < -0.4 is 14.8 Å². The number of rotatable bonds is 6. The zero-order chi connectivity index (χ0) is 17.1. The molecule has 2 fully saturated rings. The van der Waals surface area contributed by atoms with E-state index in [1.807, 2.05) is 11.9 Å². The molecule has 130 valence electrons. The summed E-state index contributed by atoms with van der Waals surface area (Å²) in [5, 5.41) is 3.62. The van der Waals surface area contributed by atoms with Gasteiger partial charge in [-0.1, -0.05) is 12.7 Å². The third-order valence-corrected chi connectivity index (χ3v) is 5.08. The number of hydrogen-bond donors (Lipinski definition) is 1. The Labute approximate surface area is 143 Å². The number of ether oxygens (including phenoxy) is 2. The molecule has 1 amide bonds. The highest BCUT2D eigenvalue weighted by Crippen LogP contribution is 2.32. The van der Waals surface area contributed by atoms with Gasteiger partial charge < -0.3 is 19.7 Å². The lowest BCUT2D eigenvalue weighted by Crippen LogP contribution is -2.48. The largest absolute Gasteiger partial charge is 0.493 e. The Balaban J connectivity index is 1.72. The first kappa shape index (κ1) is 16.8. The summed E-state index contributed by atoms with van der Waals surface area (Å²) in [7, 11) is 3.49. The van der Waals surface area contributed by atoms with Crippen LogP contribution in [-0.2, 0) is 0 Å². The summed E-state index contributed by atoms with van der Waals surface area (Å²) in [6.07, 6.45) is 6.21. The third kappa shape index (κ3) is 3.41. The Morgan fingerprint density at radius 1 is 1.33 bits per heavy atom. The maximum atomic E-state index is 12.9. The van der Waals surface area contributed by atoms with E-state index >= 15 is 0 Å². The fourth-order valence-electron chi connectivity index (χ4n) is 3.78. The van der Waals surface area contributed by atoms with Crippen molar-refractivity contribution in [1.29, 1.82) is 0 Å². The van der Waals surface area contributed by atoms with Gasteiger partial charge in [-0.15, -0.1) is 0 Å². The highest BCUT2D eigenvalue weighted by atomic mass is 16.5. The van der Waals surface area contributed by atoms with E-state index in [1.165, 1.54) is 12.8 Å². The molecule has 1 aromatic carbocycles. The highest BCUT2D eigenvalue weighted by Gasteiger charge is 2.36. The van der Waals surface area contributed by atoms with E-state index in [0.29, 0.717) is 41.8 Å². The van der Waals surface area contributed by atoms with E-state index < -0.39 is 0 Å². The van der Waals surface area contributed by atoms with Crippen molar-refractivity contribution in [2.45, 2.75) is 43.8 Å². The zero-order valence-corrected chi connectivity index (χ0v) is 14.5. The molecule has 2 aliphatic heterocycles. The van der Waals surface area contributed by atoms with E-state index in [-0.39, 0.29) is 5.91 Å². The Bertz CT molecular complexity index is 605. The molecule has 24 heavy (non-hydrogen) atoms. The molecule has 0 spiro atoms. The lowest BCUT2D eigenvalue weighted by Gasteiger charge is -2.35. The average Bonchev–Trinajstić information content (AvgIpc) is 2.96. The Morgan fingerprint density at radius 2 is 2.04 bits per heavy atom. The molecule has 2 heterocycles. The number of hydrogen-bond acceptors (Lipinski definition) is 4. The molecule has 3 rings (SSSR count). The second-order valence-electron chi connectivity index (χ2n) is 6.64. The van der Waals surface area contributed by atoms with Gasteiger partial charge in [0.25, 0.3) is 5.91 Å². The molecule has 2 atom stereocenters. The van der Waals surface area contributed by atoms with Crippen LogP contribution in [0.4, 0.5) is 0 Å². The standard InChI is InChI=1S/C19H26N2O3/c1-4-9-24-17-8-5-13(10-18(17)23-3)19(22)21(2)16-11-14-6-7-15(12-16)20-14/h4-5,8,10,14-16,20H,1,6-7,9,11-12H2,2-3H3. The summed E-state index contributed by atoms with van der Waals surface area (Å²) < 4.78 is 10.9. The van der Waals surface area contributed by atoms with Crippen molar-refractivity contribution >= 4 is 5.91 Å². The van der Waals surface area contributed by atoms with Crippen LogP contribution >= 0.6 is 0 Å². The number of nitrogens with one attached hydrogen (secondary N) is 1.